The van der Waals surface area contributed by atoms with Gasteiger partial charge in [0.25, 0.3) is 0 Å². The van der Waals surface area contributed by atoms with Crippen molar-refractivity contribution in [2.45, 2.75) is 19.8 Å². The number of aromatic nitrogens is 2. The second kappa shape index (κ2) is 7.62. The lowest BCUT2D eigenvalue weighted by atomic mass is 9.98. The van der Waals surface area contributed by atoms with E-state index < -0.39 is 0 Å². The first-order chi connectivity index (χ1) is 12.5. The van der Waals surface area contributed by atoms with E-state index in [1.54, 1.807) is 43.3 Å². The van der Waals surface area contributed by atoms with Crippen molar-refractivity contribution in [3.8, 4) is 17.0 Å². The molecule has 2 aromatic rings. The molecule has 0 unspecified atom stereocenters. The standard InChI is InChI=1S/C20H20ClN3O2/c1-4-16(8-5-13(2)21)26-18-12-22-23-20(18)15-6-9-17-14(11-15)7-10-19(25)24(17)3/h4-6,8-9,11-12H,1,7,10H2,2-3H3,(H,22,23)/b13-5+,16-8+. The number of nitrogens with zero attached hydrogens (tertiary/aromatic N) is 2. The first-order valence-electron chi connectivity index (χ1n) is 8.27. The van der Waals surface area contributed by atoms with Crippen LogP contribution in [-0.4, -0.2) is 23.2 Å². The SMILES string of the molecule is C=C/C(=C\C=C(/C)Cl)Oc1cn[nH]c1-c1ccc2c(c1)CCC(=O)N2C. The molecule has 0 fully saturated rings. The van der Waals surface area contributed by atoms with E-state index >= 15 is 0 Å². The Morgan fingerprint density at radius 3 is 2.92 bits per heavy atom. The van der Waals surface area contributed by atoms with Crippen LogP contribution in [0.15, 0.2) is 60.0 Å². The molecule has 1 aromatic heterocycles. The van der Waals surface area contributed by atoms with Crippen molar-refractivity contribution in [2.24, 2.45) is 0 Å². The molecule has 3 rings (SSSR count). The molecule has 1 aromatic carbocycles. The summed E-state index contributed by atoms with van der Waals surface area (Å²) in [6, 6.07) is 5.98. The first kappa shape index (κ1) is 18.0. The van der Waals surface area contributed by atoms with Gasteiger partial charge in [-0.25, -0.2) is 0 Å². The van der Waals surface area contributed by atoms with Crippen LogP contribution in [0.4, 0.5) is 5.69 Å². The summed E-state index contributed by atoms with van der Waals surface area (Å²) >= 11 is 5.86. The fourth-order valence-electron chi connectivity index (χ4n) is 2.84. The minimum atomic E-state index is 0.138. The van der Waals surface area contributed by atoms with E-state index in [1.165, 1.54) is 0 Å². The van der Waals surface area contributed by atoms with E-state index in [0.29, 0.717) is 23.0 Å². The Bertz CT molecular complexity index is 908. The van der Waals surface area contributed by atoms with Crippen molar-refractivity contribution in [2.75, 3.05) is 11.9 Å². The van der Waals surface area contributed by atoms with E-state index in [2.05, 4.69) is 22.8 Å². The highest BCUT2D eigenvalue weighted by atomic mass is 35.5. The molecule has 0 saturated heterocycles. The number of allylic oxidation sites excluding steroid dienone is 4. The van der Waals surface area contributed by atoms with Gasteiger partial charge in [-0.05, 0) is 49.3 Å². The number of carbonyl (C=O) groups excluding carboxylic acids is 1. The summed E-state index contributed by atoms with van der Waals surface area (Å²) in [7, 11) is 1.80. The van der Waals surface area contributed by atoms with Crippen LogP contribution in [0.3, 0.4) is 0 Å². The molecule has 0 saturated carbocycles. The molecule has 0 spiro atoms. The Hall–Kier alpha value is -2.79. The number of H-pyrrole nitrogens is 1. The number of hydrogen-bond donors (Lipinski definition) is 1. The quantitative estimate of drug-likeness (QED) is 0.620. The predicted molar refractivity (Wildman–Crippen MR) is 104 cm³/mol. The van der Waals surface area contributed by atoms with Crippen molar-refractivity contribution < 1.29 is 9.53 Å². The minimum Gasteiger partial charge on any atom is -0.453 e. The number of anilines is 1. The average molecular weight is 370 g/mol. The Labute approximate surface area is 157 Å². The van der Waals surface area contributed by atoms with Gasteiger partial charge in [0, 0.05) is 29.8 Å². The molecule has 26 heavy (non-hydrogen) atoms. The molecular formula is C20H20ClN3O2. The van der Waals surface area contributed by atoms with Crippen LogP contribution >= 0.6 is 11.6 Å². The molecule has 1 aliphatic rings. The van der Waals surface area contributed by atoms with Crippen LogP contribution in [0.5, 0.6) is 5.75 Å². The highest BCUT2D eigenvalue weighted by Gasteiger charge is 2.22. The number of nitrogens with one attached hydrogen (secondary N) is 1. The number of amides is 1. The maximum absolute atomic E-state index is 11.8. The summed E-state index contributed by atoms with van der Waals surface area (Å²) in [4.78, 5) is 13.5. The summed E-state index contributed by atoms with van der Waals surface area (Å²) in [5.74, 6) is 1.30. The van der Waals surface area contributed by atoms with E-state index in [-0.39, 0.29) is 5.91 Å². The molecule has 134 valence electrons. The number of rotatable bonds is 5. The van der Waals surface area contributed by atoms with Crippen molar-refractivity contribution in [3.05, 3.63) is 65.6 Å². The summed E-state index contributed by atoms with van der Waals surface area (Å²) in [6.07, 6.45) is 7.98. The van der Waals surface area contributed by atoms with Gasteiger partial charge in [0.05, 0.1) is 6.20 Å². The summed E-state index contributed by atoms with van der Waals surface area (Å²) in [5, 5.41) is 7.73. The van der Waals surface area contributed by atoms with Gasteiger partial charge in [0.15, 0.2) is 5.75 Å². The molecule has 1 N–H and O–H groups in total. The summed E-state index contributed by atoms with van der Waals surface area (Å²) in [6.45, 7) is 5.55. The number of halogens is 1. The zero-order chi connectivity index (χ0) is 18.7. The maximum Gasteiger partial charge on any atom is 0.227 e. The lowest BCUT2D eigenvalue weighted by molar-refractivity contribution is -0.118. The molecule has 5 nitrogen and oxygen atoms in total. The molecule has 2 heterocycles. The third-order valence-electron chi connectivity index (χ3n) is 4.22. The van der Waals surface area contributed by atoms with Crippen LogP contribution < -0.4 is 9.64 Å². The van der Waals surface area contributed by atoms with Crippen LogP contribution in [0.2, 0.25) is 0 Å². The van der Waals surface area contributed by atoms with Crippen molar-refractivity contribution in [1.82, 2.24) is 10.2 Å². The fourth-order valence-corrected chi connectivity index (χ4v) is 2.90. The number of aryl methyl sites for hydroxylation is 1. The molecule has 0 radical (unpaired) electrons. The van der Waals surface area contributed by atoms with Gasteiger partial charge in [0.1, 0.15) is 11.5 Å². The minimum absolute atomic E-state index is 0.138. The van der Waals surface area contributed by atoms with Crippen LogP contribution in [-0.2, 0) is 11.2 Å². The Morgan fingerprint density at radius 2 is 2.19 bits per heavy atom. The van der Waals surface area contributed by atoms with E-state index in [4.69, 9.17) is 16.3 Å². The van der Waals surface area contributed by atoms with Gasteiger partial charge in [0.2, 0.25) is 5.91 Å². The molecule has 0 atom stereocenters. The van der Waals surface area contributed by atoms with E-state index in [1.807, 2.05) is 12.1 Å². The normalized spacial score (nSPS) is 15.0. The summed E-state index contributed by atoms with van der Waals surface area (Å²) < 4.78 is 5.90. The number of carbonyl (C=O) groups is 1. The smallest absolute Gasteiger partial charge is 0.227 e. The monoisotopic (exact) mass is 369 g/mol. The average Bonchev–Trinajstić information content (AvgIpc) is 3.09. The van der Waals surface area contributed by atoms with E-state index in [0.717, 1.165) is 28.9 Å². The third-order valence-corrected chi connectivity index (χ3v) is 4.35. The summed E-state index contributed by atoms with van der Waals surface area (Å²) in [5.41, 5.74) is 3.80. The molecule has 6 heteroatoms. The van der Waals surface area contributed by atoms with Crippen molar-refractivity contribution in [1.29, 1.82) is 0 Å². The molecule has 1 amide bonds. The fraction of sp³-hybridized carbons (Fsp3) is 0.200. The van der Waals surface area contributed by atoms with Gasteiger partial charge >= 0.3 is 0 Å². The largest absolute Gasteiger partial charge is 0.453 e. The van der Waals surface area contributed by atoms with E-state index in [9.17, 15) is 4.79 Å². The van der Waals surface area contributed by atoms with Crippen LogP contribution in [0.25, 0.3) is 11.3 Å². The third kappa shape index (κ3) is 3.73. The Morgan fingerprint density at radius 1 is 1.38 bits per heavy atom. The van der Waals surface area contributed by atoms with Crippen LogP contribution in [0, 0.1) is 0 Å². The first-order valence-corrected chi connectivity index (χ1v) is 8.65. The van der Waals surface area contributed by atoms with Crippen molar-refractivity contribution >= 4 is 23.2 Å². The highest BCUT2D eigenvalue weighted by Crippen LogP contribution is 2.34. The number of hydrogen-bond acceptors (Lipinski definition) is 3. The Balaban J connectivity index is 1.92. The second-order valence-electron chi connectivity index (χ2n) is 6.03. The maximum atomic E-state index is 11.8. The molecule has 1 aliphatic heterocycles. The van der Waals surface area contributed by atoms with Crippen LogP contribution in [0.1, 0.15) is 18.9 Å². The van der Waals surface area contributed by atoms with Gasteiger partial charge in [-0.1, -0.05) is 24.2 Å². The van der Waals surface area contributed by atoms with Gasteiger partial charge < -0.3 is 9.64 Å². The van der Waals surface area contributed by atoms with Crippen molar-refractivity contribution in [3.63, 3.8) is 0 Å². The zero-order valence-electron chi connectivity index (χ0n) is 14.8. The number of benzene rings is 1. The van der Waals surface area contributed by atoms with Gasteiger partial charge in [-0.3, -0.25) is 9.89 Å². The number of aromatic amines is 1. The second-order valence-corrected chi connectivity index (χ2v) is 6.63. The molecule has 0 aliphatic carbocycles. The lowest BCUT2D eigenvalue weighted by Crippen LogP contribution is -2.30. The lowest BCUT2D eigenvalue weighted by Gasteiger charge is -2.26. The zero-order valence-corrected chi connectivity index (χ0v) is 15.5. The van der Waals surface area contributed by atoms with Gasteiger partial charge in [-0.15, -0.1) is 0 Å². The van der Waals surface area contributed by atoms with Gasteiger partial charge in [-0.2, -0.15) is 5.10 Å². The topological polar surface area (TPSA) is 58.2 Å². The molecular weight excluding hydrogens is 350 g/mol. The number of ether oxygens (including phenoxy) is 1. The highest BCUT2D eigenvalue weighted by molar-refractivity contribution is 6.29. The molecule has 0 bridgehead atoms. The predicted octanol–water partition coefficient (Wildman–Crippen LogP) is 4.58. The number of fused-ring (bicyclic) bond motifs is 1. The Kier molecular flexibility index (Phi) is 5.28.